The van der Waals surface area contributed by atoms with E-state index in [1.807, 2.05) is 12.4 Å². The minimum atomic E-state index is 0.182. The van der Waals surface area contributed by atoms with Crippen molar-refractivity contribution in [3.63, 3.8) is 0 Å². The number of nitrogens with two attached hydrogens (primary N) is 1. The fourth-order valence-corrected chi connectivity index (χ4v) is 5.27. The van der Waals surface area contributed by atoms with Gasteiger partial charge in [-0.3, -0.25) is 0 Å². The van der Waals surface area contributed by atoms with Gasteiger partial charge in [-0.15, -0.1) is 0 Å². The molecule has 0 radical (unpaired) electrons. The van der Waals surface area contributed by atoms with Crippen LogP contribution in [0.25, 0.3) is 0 Å². The van der Waals surface area contributed by atoms with Crippen molar-refractivity contribution in [3.05, 3.63) is 46.5 Å². The van der Waals surface area contributed by atoms with Crippen LogP contribution in [0.1, 0.15) is 39.5 Å². The Bertz CT molecular complexity index is 983. The van der Waals surface area contributed by atoms with Crippen molar-refractivity contribution in [2.75, 3.05) is 52.7 Å². The summed E-state index contributed by atoms with van der Waals surface area (Å²) in [6.45, 7) is 9.60. The molecule has 1 fully saturated rings. The van der Waals surface area contributed by atoms with Crippen molar-refractivity contribution in [3.8, 4) is 5.75 Å². The van der Waals surface area contributed by atoms with E-state index in [0.29, 0.717) is 33.7 Å². The summed E-state index contributed by atoms with van der Waals surface area (Å²) >= 11 is 6.19. The number of methoxy groups -OCH3 is 1. The molecule has 1 aromatic rings. The number of rotatable bonds is 11. The molecular weight excluding hydrogens is 464 g/mol. The molecule has 1 unspecified atom stereocenters. The molecule has 192 valence electrons. The quantitative estimate of drug-likeness (QED) is 0.432. The maximum absolute atomic E-state index is 6.19. The second-order valence-electron chi connectivity index (χ2n) is 9.97. The predicted molar refractivity (Wildman–Crippen MR) is 142 cm³/mol. The highest BCUT2D eigenvalue weighted by atomic mass is 35.5. The number of anilines is 1. The number of hydrogen-bond donors (Lipinski definition) is 1. The molecule has 0 bridgehead atoms. The van der Waals surface area contributed by atoms with Gasteiger partial charge < -0.3 is 29.7 Å². The summed E-state index contributed by atoms with van der Waals surface area (Å²) in [6, 6.07) is 5.45. The third-order valence-electron chi connectivity index (χ3n) is 7.85. The molecule has 0 aromatic heterocycles. The SMILES string of the molecule is CCN(CC[C@H]1CC2C(=C(Oc3ccc(N)c(Cl)c3)N=CN2C)C=C1OC)CCC1(CC)COC1. The first-order valence-electron chi connectivity index (χ1n) is 12.7. The molecule has 0 saturated carbocycles. The Hall–Kier alpha value is -2.22. The molecule has 2 heterocycles. The van der Waals surface area contributed by atoms with Crippen LogP contribution in [0.5, 0.6) is 5.75 Å². The van der Waals surface area contributed by atoms with Gasteiger partial charge in [0.1, 0.15) is 5.75 Å². The minimum Gasteiger partial charge on any atom is -0.501 e. The number of nitrogen functional groups attached to an aromatic ring is 1. The van der Waals surface area contributed by atoms with E-state index in [9.17, 15) is 0 Å². The Labute approximate surface area is 214 Å². The van der Waals surface area contributed by atoms with Gasteiger partial charge in [0, 0.05) is 30.0 Å². The van der Waals surface area contributed by atoms with E-state index < -0.39 is 0 Å². The fourth-order valence-electron chi connectivity index (χ4n) is 5.10. The second-order valence-corrected chi connectivity index (χ2v) is 10.4. The average molecular weight is 503 g/mol. The van der Waals surface area contributed by atoms with Crippen molar-refractivity contribution in [1.29, 1.82) is 0 Å². The number of ether oxygens (including phenoxy) is 3. The van der Waals surface area contributed by atoms with Crippen molar-refractivity contribution < 1.29 is 14.2 Å². The standard InChI is InChI=1S/C27H39ClN4O3/c1-5-27(16-34-17-27)10-12-32(6-2)11-9-19-13-24-21(15-25(19)33-4)26(30-18-31(24)3)35-20-7-8-23(29)22(28)14-20/h7-8,14-15,18-19,24H,5-6,9-13,16-17,29H2,1-4H3/t19-,24?/m0/s1. The molecule has 2 atom stereocenters. The lowest BCUT2D eigenvalue weighted by atomic mass is 9.79. The maximum atomic E-state index is 6.19. The van der Waals surface area contributed by atoms with Gasteiger partial charge in [-0.2, -0.15) is 0 Å². The normalized spacial score (nSPS) is 23.1. The molecule has 2 N–H and O–H groups in total. The van der Waals surface area contributed by atoms with E-state index >= 15 is 0 Å². The zero-order valence-corrected chi connectivity index (χ0v) is 22.2. The van der Waals surface area contributed by atoms with Crippen LogP contribution < -0.4 is 10.5 Å². The Balaban J connectivity index is 1.45. The molecule has 0 spiro atoms. The van der Waals surface area contributed by atoms with E-state index in [1.165, 1.54) is 12.8 Å². The monoisotopic (exact) mass is 502 g/mol. The molecule has 8 heteroatoms. The zero-order chi connectivity index (χ0) is 25.0. The largest absolute Gasteiger partial charge is 0.501 e. The lowest BCUT2D eigenvalue weighted by Gasteiger charge is -2.42. The van der Waals surface area contributed by atoms with Crippen LogP contribution in [0.15, 0.2) is 46.5 Å². The lowest BCUT2D eigenvalue weighted by Crippen LogP contribution is -2.45. The second kappa shape index (κ2) is 11.2. The van der Waals surface area contributed by atoms with E-state index in [2.05, 4.69) is 41.8 Å². The Morgan fingerprint density at radius 2 is 2.09 bits per heavy atom. The highest BCUT2D eigenvalue weighted by molar-refractivity contribution is 6.33. The third-order valence-corrected chi connectivity index (χ3v) is 8.18. The number of fused-ring (bicyclic) bond motifs is 1. The Kier molecular flexibility index (Phi) is 8.30. The van der Waals surface area contributed by atoms with Crippen molar-refractivity contribution in [2.45, 2.75) is 45.6 Å². The summed E-state index contributed by atoms with van der Waals surface area (Å²) in [4.78, 5) is 9.29. The predicted octanol–water partition coefficient (Wildman–Crippen LogP) is 4.93. The zero-order valence-electron chi connectivity index (χ0n) is 21.4. The number of aliphatic imine (C=N–C) groups is 1. The summed E-state index contributed by atoms with van der Waals surface area (Å²) in [7, 11) is 3.83. The minimum absolute atomic E-state index is 0.182. The highest BCUT2D eigenvalue weighted by Crippen LogP contribution is 2.38. The van der Waals surface area contributed by atoms with Gasteiger partial charge in [-0.1, -0.05) is 25.4 Å². The summed E-state index contributed by atoms with van der Waals surface area (Å²) in [6.07, 6.45) is 8.38. The van der Waals surface area contributed by atoms with E-state index in [1.54, 1.807) is 19.2 Å². The summed E-state index contributed by atoms with van der Waals surface area (Å²) < 4.78 is 17.5. The smallest absolute Gasteiger partial charge is 0.226 e. The number of benzene rings is 1. The molecular formula is C27H39ClN4O3. The molecule has 2 aliphatic heterocycles. The van der Waals surface area contributed by atoms with Crippen LogP contribution in [-0.2, 0) is 9.47 Å². The molecule has 7 nitrogen and oxygen atoms in total. The van der Waals surface area contributed by atoms with Crippen molar-refractivity contribution in [1.82, 2.24) is 9.80 Å². The molecule has 35 heavy (non-hydrogen) atoms. The molecule has 0 amide bonds. The number of allylic oxidation sites excluding steroid dienone is 1. The Morgan fingerprint density at radius 3 is 2.71 bits per heavy atom. The van der Waals surface area contributed by atoms with Crippen molar-refractivity contribution in [2.24, 2.45) is 16.3 Å². The fraction of sp³-hybridized carbons (Fsp3) is 0.593. The molecule has 4 rings (SSSR count). The van der Waals surface area contributed by atoms with Crippen molar-refractivity contribution >= 4 is 23.6 Å². The first-order valence-corrected chi connectivity index (χ1v) is 13.0. The van der Waals surface area contributed by atoms with E-state index in [4.69, 9.17) is 31.5 Å². The third kappa shape index (κ3) is 5.79. The van der Waals surface area contributed by atoms with Gasteiger partial charge in [0.05, 0.1) is 49.2 Å². The van der Waals surface area contributed by atoms with Crippen LogP contribution in [0.3, 0.4) is 0 Å². The Morgan fingerprint density at radius 1 is 1.29 bits per heavy atom. The summed E-state index contributed by atoms with van der Waals surface area (Å²) in [5.41, 5.74) is 7.79. The average Bonchev–Trinajstić information content (AvgIpc) is 2.84. The van der Waals surface area contributed by atoms with Crippen LogP contribution in [0.2, 0.25) is 5.02 Å². The van der Waals surface area contributed by atoms with Crippen LogP contribution in [0, 0.1) is 11.3 Å². The van der Waals surface area contributed by atoms with Gasteiger partial charge in [-0.05, 0) is 63.5 Å². The van der Waals surface area contributed by atoms with Crippen LogP contribution >= 0.6 is 11.6 Å². The van der Waals surface area contributed by atoms with Gasteiger partial charge in [0.25, 0.3) is 0 Å². The van der Waals surface area contributed by atoms with Gasteiger partial charge in [-0.25, -0.2) is 4.99 Å². The molecule has 1 aliphatic carbocycles. The number of halogens is 1. The van der Waals surface area contributed by atoms with E-state index in [-0.39, 0.29) is 6.04 Å². The number of hydrogen-bond acceptors (Lipinski definition) is 7. The van der Waals surface area contributed by atoms with Gasteiger partial charge in [0.2, 0.25) is 5.88 Å². The molecule has 3 aliphatic rings. The molecule has 1 saturated heterocycles. The topological polar surface area (TPSA) is 72.6 Å². The summed E-state index contributed by atoms with van der Waals surface area (Å²) in [5, 5.41) is 0.466. The lowest BCUT2D eigenvalue weighted by molar-refractivity contribution is -0.122. The summed E-state index contributed by atoms with van der Waals surface area (Å²) in [5.74, 6) is 2.52. The number of likely N-dealkylation sites (N-methyl/N-ethyl adjacent to an activating group) is 1. The van der Waals surface area contributed by atoms with Gasteiger partial charge in [0.15, 0.2) is 0 Å². The molecule has 1 aromatic carbocycles. The van der Waals surface area contributed by atoms with Gasteiger partial charge >= 0.3 is 0 Å². The first-order chi connectivity index (χ1) is 16.9. The highest BCUT2D eigenvalue weighted by Gasteiger charge is 2.37. The number of nitrogens with zero attached hydrogens (tertiary/aromatic N) is 3. The maximum Gasteiger partial charge on any atom is 0.226 e. The van der Waals surface area contributed by atoms with E-state index in [0.717, 1.165) is 57.0 Å². The van der Waals surface area contributed by atoms with Crippen LogP contribution in [0.4, 0.5) is 5.69 Å². The van der Waals surface area contributed by atoms with Crippen LogP contribution in [-0.4, -0.2) is 69.2 Å². The first kappa shape index (κ1) is 25.9.